The fourth-order valence-corrected chi connectivity index (χ4v) is 4.70. The zero-order valence-corrected chi connectivity index (χ0v) is 27.4. The number of aromatic nitrogens is 3. The van der Waals surface area contributed by atoms with E-state index in [4.69, 9.17) is 24.4 Å². The van der Waals surface area contributed by atoms with Crippen LogP contribution in [0.4, 0.5) is 13.2 Å². The monoisotopic (exact) mass is 703 g/mol. The number of benzene rings is 3. The van der Waals surface area contributed by atoms with Crippen molar-refractivity contribution in [2.45, 2.75) is 19.9 Å². The van der Waals surface area contributed by atoms with Crippen molar-refractivity contribution in [1.29, 1.82) is 0 Å². The SMILES string of the molecule is C.C#CCN(C)Cc1cc(F)c(O)c2ncccc12.C#CCNC.Oc1c(F)cc(CCl)c2cccnc12.Oc1c(F)ccc2cccnc12. The van der Waals surface area contributed by atoms with Crippen LogP contribution in [0.5, 0.6) is 17.2 Å². The second-order valence-corrected chi connectivity index (χ2v) is 10.5. The number of alkyl halides is 1. The van der Waals surface area contributed by atoms with Gasteiger partial charge in [-0.25, -0.2) is 13.2 Å². The average Bonchev–Trinajstić information content (AvgIpc) is 3.12. The molecule has 0 unspecified atom stereocenters. The summed E-state index contributed by atoms with van der Waals surface area (Å²) in [6.07, 6.45) is 14.6. The molecule has 0 aliphatic carbocycles. The first-order valence-electron chi connectivity index (χ1n) is 14.6. The van der Waals surface area contributed by atoms with Crippen LogP contribution in [-0.2, 0) is 12.4 Å². The van der Waals surface area contributed by atoms with E-state index in [1.54, 1.807) is 42.5 Å². The molecule has 0 saturated carbocycles. The zero-order valence-electron chi connectivity index (χ0n) is 26.6. The number of hydrogen-bond acceptors (Lipinski definition) is 8. The number of fused-ring (bicyclic) bond motifs is 3. The Kier molecular flexibility index (Phi) is 16.3. The Morgan fingerprint density at radius 2 is 1.24 bits per heavy atom. The lowest BCUT2D eigenvalue weighted by Crippen LogP contribution is -2.18. The van der Waals surface area contributed by atoms with E-state index >= 15 is 0 Å². The summed E-state index contributed by atoms with van der Waals surface area (Å²) in [7, 11) is 3.67. The second-order valence-electron chi connectivity index (χ2n) is 10.2. The maximum Gasteiger partial charge on any atom is 0.178 e. The molecule has 0 radical (unpaired) electrons. The Morgan fingerprint density at radius 3 is 1.74 bits per heavy atom. The number of phenolic OH excluding ortho intramolecular Hbond substituents is 3. The maximum absolute atomic E-state index is 13.6. The van der Waals surface area contributed by atoms with Gasteiger partial charge in [0.05, 0.1) is 13.1 Å². The number of rotatable bonds is 5. The van der Waals surface area contributed by atoms with Crippen molar-refractivity contribution in [2.75, 3.05) is 27.2 Å². The van der Waals surface area contributed by atoms with Crippen molar-refractivity contribution < 1.29 is 28.5 Å². The predicted octanol–water partition coefficient (Wildman–Crippen LogP) is 7.52. The van der Waals surface area contributed by atoms with Gasteiger partial charge in [0.2, 0.25) is 0 Å². The standard InChI is InChI=1S/C14H13FN2O.C10H7ClFNO.C9H6FNO.C4H7N.CH4/c1-3-7-17(2)9-10-8-12(15)14(18)13-11(10)5-4-6-16-13;11-5-6-4-8(12)10(14)9-7(6)2-1-3-13-9;10-7-4-3-6-2-1-5-11-8(6)9(7)12;1-3-4-5-2;/h1,4-6,8,18H,7,9H2,2H3;1-4,14H,5H2;1-5,12H;1,5H,4H2,2H3;1H4. The quantitative estimate of drug-likeness (QED) is 0.108. The van der Waals surface area contributed by atoms with E-state index in [0.717, 1.165) is 16.3 Å². The molecule has 8 nitrogen and oxygen atoms in total. The predicted molar refractivity (Wildman–Crippen MR) is 194 cm³/mol. The van der Waals surface area contributed by atoms with Gasteiger partial charge in [-0.1, -0.05) is 37.5 Å². The minimum absolute atomic E-state index is 0. The summed E-state index contributed by atoms with van der Waals surface area (Å²) in [4.78, 5) is 13.6. The highest BCUT2D eigenvalue weighted by Crippen LogP contribution is 2.30. The fraction of sp³-hybridized carbons (Fsp3) is 0.184. The number of phenols is 3. The molecule has 6 rings (SSSR count). The van der Waals surface area contributed by atoms with E-state index in [-0.39, 0.29) is 30.1 Å². The minimum atomic E-state index is -0.688. The van der Waals surface area contributed by atoms with Crippen molar-refractivity contribution in [2.24, 2.45) is 0 Å². The number of nitrogens with zero attached hydrogens (tertiary/aromatic N) is 4. The summed E-state index contributed by atoms with van der Waals surface area (Å²) in [6, 6.07) is 15.9. The smallest absolute Gasteiger partial charge is 0.178 e. The molecule has 12 heteroatoms. The van der Waals surface area contributed by atoms with Gasteiger partial charge >= 0.3 is 0 Å². The van der Waals surface area contributed by atoms with Gasteiger partial charge < -0.3 is 20.6 Å². The lowest BCUT2D eigenvalue weighted by molar-refractivity contribution is 0.369. The third-order valence-electron chi connectivity index (χ3n) is 6.73. The number of aromatic hydroxyl groups is 3. The van der Waals surface area contributed by atoms with Gasteiger partial charge in [0.15, 0.2) is 34.7 Å². The summed E-state index contributed by atoms with van der Waals surface area (Å²) in [5.41, 5.74) is 2.22. The van der Waals surface area contributed by atoms with Gasteiger partial charge in [0, 0.05) is 47.2 Å². The van der Waals surface area contributed by atoms with Gasteiger partial charge in [-0.2, -0.15) is 0 Å². The van der Waals surface area contributed by atoms with Crippen LogP contribution in [0, 0.1) is 42.1 Å². The Hall–Kier alpha value is -5.59. The highest BCUT2D eigenvalue weighted by atomic mass is 35.5. The second kappa shape index (κ2) is 20.0. The van der Waals surface area contributed by atoms with Crippen molar-refractivity contribution in [1.82, 2.24) is 25.2 Å². The van der Waals surface area contributed by atoms with E-state index in [9.17, 15) is 28.5 Å². The first-order chi connectivity index (χ1) is 23.6. The molecule has 0 bridgehead atoms. The van der Waals surface area contributed by atoms with Crippen LogP contribution >= 0.6 is 11.6 Å². The Bertz CT molecular complexity index is 2120. The summed E-state index contributed by atoms with van der Waals surface area (Å²) in [5.74, 6) is 1.93. The van der Waals surface area contributed by atoms with Crippen LogP contribution in [0.2, 0.25) is 0 Å². The molecule has 50 heavy (non-hydrogen) atoms. The number of hydrogen-bond donors (Lipinski definition) is 4. The Morgan fingerprint density at radius 1 is 0.740 bits per heavy atom. The molecule has 0 fully saturated rings. The lowest BCUT2D eigenvalue weighted by Gasteiger charge is -2.15. The first kappa shape index (κ1) is 40.6. The normalized spacial score (nSPS) is 10.0. The molecule has 260 valence electrons. The van der Waals surface area contributed by atoms with Gasteiger partial charge in [-0.05, 0) is 67.7 Å². The zero-order chi connectivity index (χ0) is 35.9. The third kappa shape index (κ3) is 10.5. The molecular weight excluding hydrogens is 667 g/mol. The molecule has 4 N–H and O–H groups in total. The Labute approximate surface area is 294 Å². The van der Waals surface area contributed by atoms with Crippen LogP contribution in [-0.4, -0.2) is 62.4 Å². The molecule has 0 atom stereocenters. The molecule has 0 saturated heterocycles. The molecule has 3 aromatic heterocycles. The van der Waals surface area contributed by atoms with Gasteiger partial charge in [-0.15, -0.1) is 24.4 Å². The molecule has 3 aromatic carbocycles. The minimum Gasteiger partial charge on any atom is -0.503 e. The van der Waals surface area contributed by atoms with E-state index < -0.39 is 29.0 Å². The average molecular weight is 704 g/mol. The van der Waals surface area contributed by atoms with E-state index in [0.29, 0.717) is 36.1 Å². The molecule has 0 aliphatic rings. The van der Waals surface area contributed by atoms with Gasteiger partial charge in [-0.3, -0.25) is 19.9 Å². The number of halogens is 4. The molecule has 0 spiro atoms. The van der Waals surface area contributed by atoms with Crippen LogP contribution < -0.4 is 5.32 Å². The van der Waals surface area contributed by atoms with E-state index in [2.05, 4.69) is 32.1 Å². The summed E-state index contributed by atoms with van der Waals surface area (Å²) in [6.45, 7) is 1.65. The first-order valence-corrected chi connectivity index (χ1v) is 15.1. The van der Waals surface area contributed by atoms with Crippen LogP contribution in [0.15, 0.2) is 79.3 Å². The van der Waals surface area contributed by atoms with Crippen molar-refractivity contribution in [3.05, 3.63) is 108 Å². The Balaban J connectivity index is 0.000000245. The lowest BCUT2D eigenvalue weighted by atomic mass is 10.1. The fourth-order valence-electron chi connectivity index (χ4n) is 4.48. The molecular formula is C38H37ClF3N5O3. The highest BCUT2D eigenvalue weighted by Gasteiger charge is 2.13. The maximum atomic E-state index is 13.6. The molecule has 0 aliphatic heterocycles. The van der Waals surface area contributed by atoms with Crippen LogP contribution in [0.1, 0.15) is 18.6 Å². The summed E-state index contributed by atoms with van der Waals surface area (Å²) in [5, 5.41) is 33.2. The van der Waals surface area contributed by atoms with Gasteiger partial charge in [0.25, 0.3) is 0 Å². The number of nitrogens with one attached hydrogen (secondary N) is 1. The van der Waals surface area contributed by atoms with Crippen LogP contribution in [0.3, 0.4) is 0 Å². The van der Waals surface area contributed by atoms with E-state index in [1.807, 2.05) is 19.0 Å². The molecule has 3 heterocycles. The largest absolute Gasteiger partial charge is 0.503 e. The highest BCUT2D eigenvalue weighted by molar-refractivity contribution is 6.18. The topological polar surface area (TPSA) is 115 Å². The van der Waals surface area contributed by atoms with Crippen LogP contribution in [0.25, 0.3) is 32.7 Å². The van der Waals surface area contributed by atoms with Crippen molar-refractivity contribution >= 4 is 44.3 Å². The summed E-state index contributed by atoms with van der Waals surface area (Å²) < 4.78 is 39.5. The molecule has 6 aromatic rings. The summed E-state index contributed by atoms with van der Waals surface area (Å²) >= 11 is 5.65. The van der Waals surface area contributed by atoms with E-state index in [1.165, 1.54) is 36.8 Å². The van der Waals surface area contributed by atoms with Gasteiger partial charge in [0.1, 0.15) is 16.6 Å². The van der Waals surface area contributed by atoms with Crippen molar-refractivity contribution in [3.63, 3.8) is 0 Å². The third-order valence-corrected chi connectivity index (χ3v) is 7.02. The number of pyridine rings is 3. The van der Waals surface area contributed by atoms with Crippen molar-refractivity contribution in [3.8, 4) is 41.9 Å². The number of terminal acetylenes is 2. The molecule has 0 amide bonds.